The van der Waals surface area contributed by atoms with Gasteiger partial charge in [0.2, 0.25) is 0 Å². The zero-order valence-corrected chi connectivity index (χ0v) is 19.5. The molecule has 0 unspecified atom stereocenters. The van der Waals surface area contributed by atoms with Crippen molar-refractivity contribution in [3.63, 3.8) is 0 Å². The molecule has 0 heterocycles. The molecule has 0 spiro atoms. The number of hydrogen-bond acceptors (Lipinski definition) is 11. The number of aliphatic hydroxyl groups excluding tert-OH is 3. The molecule has 0 amide bonds. The molecule has 26 heavy (non-hydrogen) atoms. The fourth-order valence-electron chi connectivity index (χ4n) is 0. The van der Waals surface area contributed by atoms with Gasteiger partial charge in [0.1, 0.15) is 0 Å². The van der Waals surface area contributed by atoms with Crippen LogP contribution in [0.1, 0.15) is 0 Å². The van der Waals surface area contributed by atoms with Crippen molar-refractivity contribution in [2.24, 2.45) is 0 Å². The van der Waals surface area contributed by atoms with Gasteiger partial charge in [0, 0.05) is 21.3 Å². The van der Waals surface area contributed by atoms with Crippen LogP contribution in [-0.4, -0.2) is 91.0 Å². The van der Waals surface area contributed by atoms with Crippen LogP contribution in [0.25, 0.3) is 0 Å². The van der Waals surface area contributed by atoms with Crippen LogP contribution in [0.3, 0.4) is 0 Å². The van der Waals surface area contributed by atoms with Crippen LogP contribution in [0.4, 0.5) is 0 Å². The first kappa shape index (κ1) is 143. The zero-order valence-electron chi connectivity index (χ0n) is 14.3. The van der Waals surface area contributed by atoms with Gasteiger partial charge in [-0.3, -0.25) is 54.3 Å². The summed E-state index contributed by atoms with van der Waals surface area (Å²) in [7, 11) is 3.00. The van der Waals surface area contributed by atoms with Crippen molar-refractivity contribution >= 4 is 54.3 Å². The Morgan fingerprint density at radius 2 is 0.385 bits per heavy atom. The molecule has 0 fully saturated rings. The molecular weight excluding hydrogens is 623 g/mol. The van der Waals surface area contributed by atoms with Crippen molar-refractivity contribution in [1.82, 2.24) is 0 Å². The molecule has 0 aromatic rings. The first-order chi connectivity index (χ1) is 11.0. The van der Waals surface area contributed by atoms with E-state index in [-0.39, 0.29) is 65.9 Å². The molecule has 0 aromatic heterocycles. The Bertz CT molecular complexity index is 60.4. The van der Waals surface area contributed by atoms with E-state index in [0.717, 1.165) is 21.3 Å². The molecule has 14 heteroatoms. The minimum absolute atomic E-state index is 0. The number of aliphatic hydroxyl groups is 3. The summed E-state index contributed by atoms with van der Waals surface area (Å²) in [5.74, 6) is 0. The Kier molecular flexibility index (Phi) is 89300. The van der Waals surface area contributed by atoms with Crippen LogP contribution in [-0.2, 0) is 96.8 Å². The summed E-state index contributed by atoms with van der Waals surface area (Å²) in [5, 5.41) is 21.0. The molecule has 161 valence electrons. The molecule has 3 N–H and O–H groups in total. The predicted molar refractivity (Wildman–Crippen MR) is 84.8 cm³/mol. The maximum absolute atomic E-state index is 7.75. The minimum atomic E-state index is 0. The van der Waals surface area contributed by atoms with Gasteiger partial charge < -0.3 is 61.1 Å². The molecule has 0 aliphatic heterocycles. The van der Waals surface area contributed by atoms with E-state index in [2.05, 4.69) is 54.3 Å². The fraction of sp³-hybridized carbons (Fsp3) is 0.250. The van der Waals surface area contributed by atoms with Gasteiger partial charge in [-0.05, 0) is 0 Å². The molecule has 0 aromatic carbocycles. The van der Waals surface area contributed by atoms with E-state index in [1.54, 1.807) is 0 Å². The van der Waals surface area contributed by atoms with Gasteiger partial charge >= 0.3 is 58.4 Å². The van der Waals surface area contributed by atoms with E-state index >= 15 is 0 Å². The molecule has 1 radical (unpaired) electrons. The SMILES string of the molecule is CO.CO.CO.[CH-]=O.[CH-]=O.[CH-]=O.[CH-]=O.[CH-]=O.[CH-]=O.[CH-]=O.[CH-]=O.[CH3-].[Ru+2].[Ru+3].[Ru+4]. The normalized spacial score (nSPS) is 1.92. The molecule has 0 aliphatic carbocycles. The van der Waals surface area contributed by atoms with Crippen LogP contribution in [0.2, 0.25) is 0 Å². The van der Waals surface area contributed by atoms with E-state index in [4.69, 9.17) is 53.7 Å². The van der Waals surface area contributed by atoms with Gasteiger partial charge in [0.25, 0.3) is 0 Å². The average Bonchev–Trinajstić information content (AvgIpc) is 2.78. The third-order valence-electron chi connectivity index (χ3n) is 0. The molecular formula is C12H23O11Ru3. The van der Waals surface area contributed by atoms with Crippen molar-refractivity contribution in [2.75, 3.05) is 21.3 Å². The van der Waals surface area contributed by atoms with E-state index in [9.17, 15) is 0 Å². The Labute approximate surface area is 194 Å². The molecule has 0 bridgehead atoms. The monoisotopic (exact) mass is 649 g/mol. The third kappa shape index (κ3) is 14300. The summed E-state index contributed by atoms with van der Waals surface area (Å²) in [6.07, 6.45) is 0. The number of carbonyl (C=O) groups excluding carboxylic acids is 8. The van der Waals surface area contributed by atoms with Gasteiger partial charge in [-0.2, -0.15) is 0 Å². The minimum Gasteiger partial charge on any atom is -0.545 e. The second kappa shape index (κ2) is 16300. The van der Waals surface area contributed by atoms with Crippen molar-refractivity contribution in [1.29, 1.82) is 0 Å². The van der Waals surface area contributed by atoms with Crippen molar-refractivity contribution in [3.8, 4) is 0 Å². The van der Waals surface area contributed by atoms with E-state index < -0.39 is 0 Å². The van der Waals surface area contributed by atoms with Crippen molar-refractivity contribution < 1.29 is 112 Å². The topological polar surface area (TPSA) is 197 Å². The van der Waals surface area contributed by atoms with Crippen LogP contribution < -0.4 is 0 Å². The van der Waals surface area contributed by atoms with Gasteiger partial charge in [0.05, 0.1) is 0 Å². The van der Waals surface area contributed by atoms with Crippen LogP contribution in [0.5, 0.6) is 0 Å². The van der Waals surface area contributed by atoms with Gasteiger partial charge in [-0.25, -0.2) is 0 Å². The Hall–Kier alpha value is -0.890. The van der Waals surface area contributed by atoms with Gasteiger partial charge in [0.15, 0.2) is 0 Å². The second-order valence-electron chi connectivity index (χ2n) is 0. The smallest absolute Gasteiger partial charge is 0.545 e. The fourth-order valence-corrected chi connectivity index (χ4v) is 0. The van der Waals surface area contributed by atoms with Gasteiger partial charge in [-0.15, -0.1) is 0 Å². The maximum Gasteiger partial charge on any atom is 4.00 e. The van der Waals surface area contributed by atoms with Crippen LogP contribution in [0, 0.1) is 7.43 Å². The molecule has 0 rings (SSSR count). The summed E-state index contributed by atoms with van der Waals surface area (Å²) >= 11 is 0. The van der Waals surface area contributed by atoms with E-state index in [0.29, 0.717) is 0 Å². The quantitative estimate of drug-likeness (QED) is 0.139. The first-order valence-electron chi connectivity index (χ1n) is 3.23. The Morgan fingerprint density at radius 3 is 0.385 bits per heavy atom. The molecule has 0 saturated carbocycles. The molecule has 11 nitrogen and oxygen atoms in total. The molecule has 0 atom stereocenters. The summed E-state index contributed by atoms with van der Waals surface area (Å²) in [4.78, 5) is 62.0. The van der Waals surface area contributed by atoms with Crippen LogP contribution in [0.15, 0.2) is 0 Å². The molecule has 0 saturated heterocycles. The maximum atomic E-state index is 7.75. The predicted octanol–water partition coefficient (Wildman–Crippen LogP) is -2.92. The third-order valence-corrected chi connectivity index (χ3v) is 0. The largest absolute Gasteiger partial charge is 4.00 e. The van der Waals surface area contributed by atoms with Crippen molar-refractivity contribution in [2.45, 2.75) is 0 Å². The van der Waals surface area contributed by atoms with Gasteiger partial charge in [-0.1, -0.05) is 0 Å². The second-order valence-corrected chi connectivity index (χ2v) is 0. The van der Waals surface area contributed by atoms with E-state index in [1.165, 1.54) is 0 Å². The number of rotatable bonds is 0. The summed E-state index contributed by atoms with van der Waals surface area (Å²) < 4.78 is 0. The van der Waals surface area contributed by atoms with Crippen LogP contribution >= 0.6 is 0 Å². The molecule has 0 aliphatic rings. The summed E-state index contributed by atoms with van der Waals surface area (Å²) in [6.45, 7) is 26.0. The zero-order chi connectivity index (χ0) is 22.0. The first-order valence-corrected chi connectivity index (χ1v) is 3.23. The summed E-state index contributed by atoms with van der Waals surface area (Å²) in [6, 6.07) is 0. The number of hydrogen-bond donors (Lipinski definition) is 3. The standard InChI is InChI=1S/3CH4O.8CHO.CH3.3Ru/c11*1-2;;;;/h3*2H,1H3;8*1H;1H3;;;/q;;;9*-1;+2;+3;+4. The Balaban J connectivity index is -0.00000000388. The van der Waals surface area contributed by atoms with E-state index in [1.807, 2.05) is 0 Å². The Morgan fingerprint density at radius 1 is 0.385 bits per heavy atom. The van der Waals surface area contributed by atoms with Crippen molar-refractivity contribution in [3.05, 3.63) is 7.43 Å². The summed E-state index contributed by atoms with van der Waals surface area (Å²) in [5.41, 5.74) is 0. The average molecular weight is 647 g/mol.